The highest BCUT2D eigenvalue weighted by Crippen LogP contribution is 2.61. The smallest absolute Gasteiger partial charge is 0.318 e. The molecule has 11 heteroatoms. The number of amides is 1. The quantitative estimate of drug-likeness (QED) is 0.286. The maximum absolute atomic E-state index is 14.3. The molecule has 2 heterocycles. The number of hydrogen-bond donors (Lipinski definition) is 2. The molecule has 2 aliphatic heterocycles. The molecule has 34 heavy (non-hydrogen) atoms. The lowest BCUT2D eigenvalue weighted by molar-refractivity contribution is -0.165. The van der Waals surface area contributed by atoms with Crippen LogP contribution in [-0.2, 0) is 29.9 Å². The number of nitrogens with zero attached hydrogens (tertiary/aromatic N) is 2. The molecule has 2 atom stereocenters. The molecular weight excluding hydrogens is 551 g/mol. The van der Waals surface area contributed by atoms with Crippen molar-refractivity contribution in [2.75, 3.05) is 30.6 Å². The molecule has 180 valence electrons. The first-order valence-electron chi connectivity index (χ1n) is 10.2. The van der Waals surface area contributed by atoms with Crippen LogP contribution in [0.4, 0.5) is 11.4 Å². The molecule has 2 N–H and O–H groups in total. The summed E-state index contributed by atoms with van der Waals surface area (Å²) in [4.78, 5) is 29.5. The van der Waals surface area contributed by atoms with E-state index in [0.29, 0.717) is 15.7 Å². The van der Waals surface area contributed by atoms with Crippen LogP contribution in [0.15, 0.2) is 47.5 Å². The van der Waals surface area contributed by atoms with Crippen LogP contribution in [0.3, 0.4) is 0 Å². The van der Waals surface area contributed by atoms with Gasteiger partial charge in [-0.15, -0.1) is 11.8 Å². The highest BCUT2D eigenvalue weighted by Gasteiger charge is 2.70. The van der Waals surface area contributed by atoms with Gasteiger partial charge in [0.2, 0.25) is 5.91 Å². The number of cyclic esters (lactones) is 1. The predicted molar refractivity (Wildman–Crippen MR) is 130 cm³/mol. The van der Waals surface area contributed by atoms with Gasteiger partial charge < -0.3 is 9.47 Å². The molecule has 0 aromatic heterocycles. The number of hydrogen-bond acceptors (Lipinski definition) is 7. The van der Waals surface area contributed by atoms with E-state index < -0.39 is 22.7 Å². The molecule has 0 radical (unpaired) electrons. The van der Waals surface area contributed by atoms with Crippen molar-refractivity contribution in [3.63, 3.8) is 0 Å². The molecule has 2 aliphatic rings. The number of rotatable bonds is 6. The lowest BCUT2D eigenvalue weighted by Crippen LogP contribution is -2.63. The zero-order chi connectivity index (χ0) is 24.8. The standard InChI is InChI=1S/C23H21BrCl2N2O6/c1-3-6-23(15-5-4-13(24)9-18(15)28(31)32)21(30)34-8-7-22(23)16-10-14(25)11-17(26)19(16)27(12-33-2)20(22)29/h3-5,9-11,31-32H,1,6-8,12H2,2H3/t22-,23-/m1/s1. The second-order valence-corrected chi connectivity index (χ2v) is 9.83. The first-order chi connectivity index (χ1) is 16.1. The Hall–Kier alpha value is -2.14. The van der Waals surface area contributed by atoms with Crippen LogP contribution >= 0.6 is 39.1 Å². The van der Waals surface area contributed by atoms with Crippen molar-refractivity contribution in [1.82, 2.24) is 0 Å². The molecule has 1 fully saturated rings. The van der Waals surface area contributed by atoms with E-state index in [2.05, 4.69) is 22.5 Å². The minimum atomic E-state index is -1.73. The van der Waals surface area contributed by atoms with Crippen LogP contribution in [0.2, 0.25) is 10.0 Å². The Morgan fingerprint density at radius 1 is 1.26 bits per heavy atom. The van der Waals surface area contributed by atoms with Gasteiger partial charge in [-0.3, -0.25) is 24.9 Å². The van der Waals surface area contributed by atoms with Gasteiger partial charge in [0.05, 0.1) is 23.0 Å². The maximum Gasteiger partial charge on any atom is 0.318 e. The topological polar surface area (TPSA) is 99.5 Å². The number of anilines is 2. The number of methoxy groups -OCH3 is 1. The molecule has 2 aromatic rings. The highest BCUT2D eigenvalue weighted by molar-refractivity contribution is 9.10. The van der Waals surface area contributed by atoms with Crippen molar-refractivity contribution in [3.8, 4) is 0 Å². The predicted octanol–water partition coefficient (Wildman–Crippen LogP) is 4.99. The van der Waals surface area contributed by atoms with E-state index in [4.69, 9.17) is 32.7 Å². The average Bonchev–Trinajstić information content (AvgIpc) is 3.00. The summed E-state index contributed by atoms with van der Waals surface area (Å²) < 4.78 is 11.3. The average molecular weight is 572 g/mol. The fraction of sp³-hybridized carbons (Fsp3) is 0.304. The number of carbonyl (C=O) groups is 2. The third-order valence-corrected chi connectivity index (χ3v) is 7.50. The van der Waals surface area contributed by atoms with Crippen molar-refractivity contribution in [3.05, 3.63) is 68.6 Å². The highest BCUT2D eigenvalue weighted by atomic mass is 79.9. The lowest BCUT2D eigenvalue weighted by Gasteiger charge is -2.49. The number of fused-ring (bicyclic) bond motifs is 2. The first kappa shape index (κ1) is 25.0. The van der Waals surface area contributed by atoms with E-state index in [1.165, 1.54) is 30.2 Å². The van der Waals surface area contributed by atoms with Crippen molar-refractivity contribution >= 4 is 62.4 Å². The van der Waals surface area contributed by atoms with Gasteiger partial charge in [0.15, 0.2) is 0 Å². The summed E-state index contributed by atoms with van der Waals surface area (Å²) in [6.07, 6.45) is 1.55. The SMILES string of the molecule is C=CC[C@@]1(c2ccc(Br)cc2N(O)O)C(=O)OCC[C@@]12C(=O)N(COC)c1c(Cl)cc(Cl)cc12. The summed E-state index contributed by atoms with van der Waals surface area (Å²) >= 11 is 16.3. The van der Waals surface area contributed by atoms with Gasteiger partial charge in [0.1, 0.15) is 17.6 Å². The van der Waals surface area contributed by atoms with Crippen molar-refractivity contribution in [2.24, 2.45) is 0 Å². The number of carbonyl (C=O) groups excluding carboxylic acids is 2. The molecule has 0 saturated carbocycles. The van der Waals surface area contributed by atoms with Gasteiger partial charge in [0, 0.05) is 23.0 Å². The normalized spacial score (nSPS) is 23.8. The van der Waals surface area contributed by atoms with Gasteiger partial charge in [-0.05, 0) is 41.8 Å². The Bertz CT molecular complexity index is 1190. The largest absolute Gasteiger partial charge is 0.465 e. The minimum Gasteiger partial charge on any atom is -0.465 e. The molecule has 1 saturated heterocycles. The monoisotopic (exact) mass is 570 g/mol. The van der Waals surface area contributed by atoms with Crippen molar-refractivity contribution in [1.29, 1.82) is 0 Å². The number of halogens is 3. The summed E-state index contributed by atoms with van der Waals surface area (Å²) in [5.41, 5.74) is -2.40. The summed E-state index contributed by atoms with van der Waals surface area (Å²) in [6.45, 7) is 3.66. The fourth-order valence-electron chi connectivity index (χ4n) is 5.28. The van der Waals surface area contributed by atoms with Gasteiger partial charge >= 0.3 is 5.97 Å². The Balaban J connectivity index is 2.17. The Morgan fingerprint density at radius 2 is 2.00 bits per heavy atom. The lowest BCUT2D eigenvalue weighted by atomic mass is 9.53. The van der Waals surface area contributed by atoms with E-state index in [9.17, 15) is 20.0 Å². The molecule has 0 bridgehead atoms. The number of benzene rings is 2. The molecule has 4 rings (SSSR count). The summed E-state index contributed by atoms with van der Waals surface area (Å²) in [5, 5.41) is 20.6. The van der Waals surface area contributed by atoms with E-state index in [0.717, 1.165) is 0 Å². The fourth-order valence-corrected chi connectivity index (χ4v) is 6.23. The van der Waals surface area contributed by atoms with E-state index >= 15 is 0 Å². The Labute approximate surface area is 214 Å². The minimum absolute atomic E-state index is 0.0400. The van der Waals surface area contributed by atoms with Crippen LogP contribution in [0, 0.1) is 0 Å². The van der Waals surface area contributed by atoms with E-state index in [1.807, 2.05) is 0 Å². The molecule has 0 aliphatic carbocycles. The van der Waals surface area contributed by atoms with Gasteiger partial charge in [-0.1, -0.05) is 51.3 Å². The second-order valence-electron chi connectivity index (χ2n) is 8.08. The van der Waals surface area contributed by atoms with Crippen molar-refractivity contribution < 1.29 is 29.5 Å². The zero-order valence-corrected chi connectivity index (χ0v) is 21.2. The third kappa shape index (κ3) is 3.37. The van der Waals surface area contributed by atoms with Crippen LogP contribution < -0.4 is 10.1 Å². The summed E-state index contributed by atoms with van der Waals surface area (Å²) in [5.74, 6) is -1.15. The number of esters is 1. The van der Waals surface area contributed by atoms with Crippen LogP contribution in [0.5, 0.6) is 0 Å². The summed E-state index contributed by atoms with van der Waals surface area (Å²) in [6, 6.07) is 7.74. The first-order valence-corrected chi connectivity index (χ1v) is 11.8. The Kier molecular flexibility index (Phi) is 6.71. The molecule has 2 aromatic carbocycles. The molecule has 1 amide bonds. The number of allylic oxidation sites excluding steroid dienone is 1. The third-order valence-electron chi connectivity index (χ3n) is 6.50. The van der Waals surface area contributed by atoms with Gasteiger partial charge in [-0.25, -0.2) is 0 Å². The van der Waals surface area contributed by atoms with Crippen LogP contribution in [-0.4, -0.2) is 42.7 Å². The summed E-state index contributed by atoms with van der Waals surface area (Å²) in [7, 11) is 1.44. The van der Waals surface area contributed by atoms with E-state index in [-0.39, 0.29) is 52.7 Å². The second kappa shape index (κ2) is 9.14. The molecule has 8 nitrogen and oxygen atoms in total. The molecule has 1 spiro atoms. The molecule has 0 unspecified atom stereocenters. The zero-order valence-electron chi connectivity index (χ0n) is 18.1. The van der Waals surface area contributed by atoms with Crippen LogP contribution in [0.1, 0.15) is 24.0 Å². The maximum atomic E-state index is 14.3. The van der Waals surface area contributed by atoms with Gasteiger partial charge in [-0.2, -0.15) is 0 Å². The molecular formula is C23H21BrCl2N2O6. The number of ether oxygens (including phenoxy) is 2. The van der Waals surface area contributed by atoms with Crippen molar-refractivity contribution in [2.45, 2.75) is 23.7 Å². The van der Waals surface area contributed by atoms with Gasteiger partial charge in [0.25, 0.3) is 0 Å². The van der Waals surface area contributed by atoms with E-state index in [1.54, 1.807) is 18.2 Å². The van der Waals surface area contributed by atoms with Crippen LogP contribution in [0.25, 0.3) is 0 Å². The Morgan fingerprint density at radius 3 is 2.65 bits per heavy atom.